The van der Waals surface area contributed by atoms with Crippen molar-refractivity contribution in [3.63, 3.8) is 0 Å². The number of unbranched alkanes of at least 4 members (excludes halogenated alkanes) is 2. The topological polar surface area (TPSA) is 67.8 Å². The van der Waals surface area contributed by atoms with Gasteiger partial charge in [0.1, 0.15) is 12.5 Å². The summed E-state index contributed by atoms with van der Waals surface area (Å²) in [5.41, 5.74) is 0. The van der Waals surface area contributed by atoms with Gasteiger partial charge in [0.25, 0.3) is 0 Å². The van der Waals surface area contributed by atoms with Crippen molar-refractivity contribution in [1.82, 2.24) is 5.32 Å². The summed E-state index contributed by atoms with van der Waals surface area (Å²) in [6.45, 7) is 5.91. The number of nitrogens with one attached hydrogen (secondary N) is 1. The smallest absolute Gasteiger partial charge is 0.303 e. The van der Waals surface area contributed by atoms with Crippen LogP contribution in [0.5, 0.6) is 0 Å². The molecular formula is C12H27NO4. The molecule has 0 saturated heterocycles. The monoisotopic (exact) mass is 249 g/mol. The van der Waals surface area contributed by atoms with Crippen LogP contribution in [0.1, 0.15) is 46.5 Å². The molecule has 2 atom stereocenters. The lowest BCUT2D eigenvalue weighted by Crippen LogP contribution is -2.36. The van der Waals surface area contributed by atoms with Gasteiger partial charge >= 0.3 is 5.97 Å². The predicted octanol–water partition coefficient (Wildman–Crippen LogP) is 2.21. The Morgan fingerprint density at radius 2 is 1.65 bits per heavy atom. The summed E-state index contributed by atoms with van der Waals surface area (Å²) in [7, 11) is 3.31. The predicted molar refractivity (Wildman–Crippen MR) is 67.9 cm³/mol. The van der Waals surface area contributed by atoms with Gasteiger partial charge < -0.3 is 14.6 Å². The maximum Gasteiger partial charge on any atom is 0.303 e. The highest BCUT2D eigenvalue weighted by molar-refractivity contribution is 5.66. The van der Waals surface area contributed by atoms with E-state index in [0.29, 0.717) is 6.42 Å². The molecule has 0 aliphatic carbocycles. The number of hydrogen-bond acceptors (Lipinski definition) is 4. The van der Waals surface area contributed by atoms with E-state index in [1.807, 2.05) is 13.8 Å². The van der Waals surface area contributed by atoms with E-state index in [4.69, 9.17) is 14.6 Å². The van der Waals surface area contributed by atoms with Gasteiger partial charge in [0.15, 0.2) is 0 Å². The normalized spacial score (nSPS) is 13.5. The van der Waals surface area contributed by atoms with Crippen LogP contribution in [0.15, 0.2) is 0 Å². The zero-order valence-corrected chi connectivity index (χ0v) is 11.7. The molecule has 5 nitrogen and oxygen atoms in total. The quantitative estimate of drug-likeness (QED) is 0.510. The molecule has 0 spiro atoms. The van der Waals surface area contributed by atoms with E-state index < -0.39 is 5.97 Å². The number of carbonyl (C=O) groups is 1. The zero-order valence-electron chi connectivity index (χ0n) is 11.7. The van der Waals surface area contributed by atoms with Crippen molar-refractivity contribution in [3.05, 3.63) is 0 Å². The number of carboxylic acid groups (broad SMARTS) is 1. The third-order valence-electron chi connectivity index (χ3n) is 2.17. The molecule has 0 rings (SSSR count). The van der Waals surface area contributed by atoms with Gasteiger partial charge in [-0.15, -0.1) is 0 Å². The maximum absolute atomic E-state index is 9.87. The minimum atomic E-state index is -0.682. The number of carboxylic acids is 1. The lowest BCUT2D eigenvalue weighted by atomic mass is 10.2. The van der Waals surface area contributed by atoms with Crippen molar-refractivity contribution in [3.8, 4) is 0 Å². The van der Waals surface area contributed by atoms with Crippen LogP contribution in [0.25, 0.3) is 0 Å². The van der Waals surface area contributed by atoms with Crippen molar-refractivity contribution in [1.29, 1.82) is 0 Å². The lowest BCUT2D eigenvalue weighted by Gasteiger charge is -2.16. The number of hydrogen-bond donors (Lipinski definition) is 2. The van der Waals surface area contributed by atoms with Crippen molar-refractivity contribution < 1.29 is 19.4 Å². The molecule has 5 heteroatoms. The van der Waals surface area contributed by atoms with Crippen LogP contribution in [-0.2, 0) is 14.3 Å². The second-order valence-corrected chi connectivity index (χ2v) is 3.77. The van der Waals surface area contributed by atoms with Gasteiger partial charge in [0.05, 0.1) is 0 Å². The molecule has 0 bridgehead atoms. The molecule has 2 N–H and O–H groups in total. The molecule has 0 radical (unpaired) electrons. The first-order valence-corrected chi connectivity index (χ1v) is 6.01. The van der Waals surface area contributed by atoms with E-state index in [0.717, 1.165) is 19.3 Å². The Bertz CT molecular complexity index is 168. The summed E-state index contributed by atoms with van der Waals surface area (Å²) in [5, 5.41) is 11.2. The average molecular weight is 249 g/mol. The van der Waals surface area contributed by atoms with Gasteiger partial charge in [-0.2, -0.15) is 0 Å². The van der Waals surface area contributed by atoms with Crippen LogP contribution >= 0.6 is 0 Å². The SMILES string of the molecule is CCCCCC(=O)O.COC(C)NC(C)OC. The third-order valence-corrected chi connectivity index (χ3v) is 2.17. The average Bonchev–Trinajstić information content (AvgIpc) is 2.29. The highest BCUT2D eigenvalue weighted by atomic mass is 16.5. The first-order valence-electron chi connectivity index (χ1n) is 6.01. The highest BCUT2D eigenvalue weighted by Gasteiger charge is 2.02. The number of aliphatic carboxylic acids is 1. The largest absolute Gasteiger partial charge is 0.481 e. The molecule has 0 aromatic rings. The van der Waals surface area contributed by atoms with Crippen LogP contribution in [0.4, 0.5) is 0 Å². The van der Waals surface area contributed by atoms with Gasteiger partial charge in [0, 0.05) is 20.6 Å². The maximum atomic E-state index is 9.87. The summed E-state index contributed by atoms with van der Waals surface area (Å²) in [6, 6.07) is 0. The Hall–Kier alpha value is -0.650. The van der Waals surface area contributed by atoms with Crippen molar-refractivity contribution in [2.75, 3.05) is 14.2 Å². The molecule has 0 heterocycles. The van der Waals surface area contributed by atoms with Crippen molar-refractivity contribution >= 4 is 5.97 Å². The molecule has 0 aliphatic rings. The van der Waals surface area contributed by atoms with E-state index in [1.54, 1.807) is 14.2 Å². The highest BCUT2D eigenvalue weighted by Crippen LogP contribution is 1.97. The summed E-state index contributed by atoms with van der Waals surface area (Å²) in [5.74, 6) is -0.682. The molecule has 0 aliphatic heterocycles. The van der Waals surface area contributed by atoms with E-state index in [-0.39, 0.29) is 12.5 Å². The van der Waals surface area contributed by atoms with Crippen LogP contribution in [0.3, 0.4) is 0 Å². The van der Waals surface area contributed by atoms with Gasteiger partial charge in [-0.05, 0) is 20.3 Å². The second kappa shape index (κ2) is 13.4. The Labute approximate surface area is 104 Å². The zero-order chi connectivity index (χ0) is 13.7. The summed E-state index contributed by atoms with van der Waals surface area (Å²) >= 11 is 0. The molecule has 104 valence electrons. The Morgan fingerprint density at radius 3 is 1.94 bits per heavy atom. The molecule has 0 fully saturated rings. The third kappa shape index (κ3) is 17.9. The number of methoxy groups -OCH3 is 2. The minimum absolute atomic E-state index is 0.0555. The molecule has 17 heavy (non-hydrogen) atoms. The van der Waals surface area contributed by atoms with Gasteiger partial charge in [-0.25, -0.2) is 0 Å². The van der Waals surface area contributed by atoms with Crippen LogP contribution in [0.2, 0.25) is 0 Å². The molecule has 0 saturated carbocycles. The first kappa shape index (κ1) is 18.7. The molecule has 0 aromatic carbocycles. The summed E-state index contributed by atoms with van der Waals surface area (Å²) < 4.78 is 9.86. The minimum Gasteiger partial charge on any atom is -0.481 e. The fraction of sp³-hybridized carbons (Fsp3) is 0.917. The summed E-state index contributed by atoms with van der Waals surface area (Å²) in [4.78, 5) is 9.87. The number of rotatable bonds is 8. The van der Waals surface area contributed by atoms with Gasteiger partial charge in [-0.3, -0.25) is 10.1 Å². The Kier molecular flexibility index (Phi) is 14.8. The van der Waals surface area contributed by atoms with E-state index >= 15 is 0 Å². The summed E-state index contributed by atoms with van der Waals surface area (Å²) in [6.07, 6.45) is 3.39. The molecule has 2 unspecified atom stereocenters. The van der Waals surface area contributed by atoms with Crippen molar-refractivity contribution in [2.24, 2.45) is 0 Å². The Morgan fingerprint density at radius 1 is 1.18 bits per heavy atom. The lowest BCUT2D eigenvalue weighted by molar-refractivity contribution is -0.137. The first-order chi connectivity index (χ1) is 7.97. The fourth-order valence-electron chi connectivity index (χ4n) is 0.993. The standard InChI is InChI=1S/C6H15NO2.C6H12O2/c1-5(8-3)7-6(2)9-4;1-2-3-4-5-6(7)8/h5-7H,1-4H3;2-5H2,1H3,(H,7,8). The van der Waals surface area contributed by atoms with Gasteiger partial charge in [0.2, 0.25) is 0 Å². The molecule has 0 aromatic heterocycles. The second-order valence-electron chi connectivity index (χ2n) is 3.77. The van der Waals surface area contributed by atoms with Crippen LogP contribution in [0, 0.1) is 0 Å². The number of ether oxygens (including phenoxy) is 2. The molecule has 0 amide bonds. The fourth-order valence-corrected chi connectivity index (χ4v) is 0.993. The van der Waals surface area contributed by atoms with Gasteiger partial charge in [-0.1, -0.05) is 19.8 Å². The Balaban J connectivity index is 0. The van der Waals surface area contributed by atoms with Crippen LogP contribution < -0.4 is 5.32 Å². The van der Waals surface area contributed by atoms with E-state index in [9.17, 15) is 4.79 Å². The molecular weight excluding hydrogens is 222 g/mol. The van der Waals surface area contributed by atoms with E-state index in [2.05, 4.69) is 12.2 Å². The van der Waals surface area contributed by atoms with Crippen molar-refractivity contribution in [2.45, 2.75) is 58.9 Å². The van der Waals surface area contributed by atoms with E-state index in [1.165, 1.54) is 0 Å². The van der Waals surface area contributed by atoms with Crippen LogP contribution in [-0.4, -0.2) is 37.8 Å².